The molecule has 0 aliphatic carbocycles. The maximum absolute atomic E-state index is 13.2. The van der Waals surface area contributed by atoms with E-state index >= 15 is 0 Å². The highest BCUT2D eigenvalue weighted by Gasteiger charge is 2.30. The predicted molar refractivity (Wildman–Crippen MR) is 99.6 cm³/mol. The second-order valence-electron chi connectivity index (χ2n) is 6.74. The van der Waals surface area contributed by atoms with Crippen LogP contribution in [-0.2, 0) is 0 Å². The molecule has 1 amide bonds. The van der Waals surface area contributed by atoms with E-state index in [0.29, 0.717) is 24.5 Å². The van der Waals surface area contributed by atoms with Gasteiger partial charge in [-0.05, 0) is 24.7 Å². The minimum atomic E-state index is -0.263. The molecule has 1 aromatic heterocycles. The molecule has 0 radical (unpaired) electrons. The minimum Gasteiger partial charge on any atom is -0.355 e. The molecule has 1 saturated heterocycles. The van der Waals surface area contributed by atoms with Crippen LogP contribution >= 0.6 is 0 Å². The van der Waals surface area contributed by atoms with Crippen molar-refractivity contribution in [1.82, 2.24) is 15.0 Å². The van der Waals surface area contributed by atoms with Crippen LogP contribution in [-0.4, -0.2) is 47.5 Å². The minimum absolute atomic E-state index is 0.0174. The zero-order valence-corrected chi connectivity index (χ0v) is 15.0. The summed E-state index contributed by atoms with van der Waals surface area (Å²) >= 11 is 0. The van der Waals surface area contributed by atoms with Crippen molar-refractivity contribution in [3.8, 4) is 11.3 Å². The smallest absolute Gasteiger partial charge is 0.276 e. The van der Waals surface area contributed by atoms with E-state index in [2.05, 4.69) is 10.1 Å². The van der Waals surface area contributed by atoms with Gasteiger partial charge in [-0.25, -0.2) is 4.39 Å². The van der Waals surface area contributed by atoms with Crippen molar-refractivity contribution >= 4 is 5.91 Å². The summed E-state index contributed by atoms with van der Waals surface area (Å²) < 4.78 is 18.6. The first-order chi connectivity index (χ1) is 13.1. The summed E-state index contributed by atoms with van der Waals surface area (Å²) in [6.07, 6.45) is 0. The average molecular weight is 365 g/mol. The molecule has 1 aliphatic heterocycles. The number of carbonyl (C=O) groups is 1. The summed E-state index contributed by atoms with van der Waals surface area (Å²) in [6.45, 7) is 1.87. The molecule has 1 aliphatic rings. The molecular weight excluding hydrogens is 345 g/mol. The molecule has 0 spiro atoms. The van der Waals surface area contributed by atoms with Gasteiger partial charge in [0, 0.05) is 31.3 Å². The topological polar surface area (TPSA) is 49.6 Å². The van der Waals surface area contributed by atoms with Crippen LogP contribution in [0.2, 0.25) is 0 Å². The number of hydrogen-bond acceptors (Lipinski definition) is 4. The molecule has 2 aromatic carbocycles. The van der Waals surface area contributed by atoms with Gasteiger partial charge in [-0.1, -0.05) is 47.6 Å². The van der Waals surface area contributed by atoms with E-state index < -0.39 is 0 Å². The van der Waals surface area contributed by atoms with Crippen LogP contribution in [0.5, 0.6) is 0 Å². The quantitative estimate of drug-likeness (QED) is 0.711. The standard InChI is InChI=1S/C21H20FN3O2/c1-24-11-12-25(14-19(24)15-7-9-17(22)10-8-15)21(26)18-13-20(27-23-18)16-5-3-2-4-6-16/h2-10,13,19H,11-12,14H2,1H3. The zero-order valence-electron chi connectivity index (χ0n) is 15.0. The van der Waals surface area contributed by atoms with Crippen molar-refractivity contribution in [2.75, 3.05) is 26.7 Å². The summed E-state index contributed by atoms with van der Waals surface area (Å²) in [4.78, 5) is 16.9. The summed E-state index contributed by atoms with van der Waals surface area (Å²) in [7, 11) is 2.01. The highest BCUT2D eigenvalue weighted by atomic mass is 19.1. The van der Waals surface area contributed by atoms with E-state index in [4.69, 9.17) is 4.52 Å². The number of nitrogens with zero attached hydrogens (tertiary/aromatic N) is 3. The van der Waals surface area contributed by atoms with Crippen molar-refractivity contribution < 1.29 is 13.7 Å². The predicted octanol–water partition coefficient (Wildman–Crippen LogP) is 3.61. The summed E-state index contributed by atoms with van der Waals surface area (Å²) in [6, 6.07) is 17.7. The van der Waals surface area contributed by atoms with Crippen molar-refractivity contribution in [2.45, 2.75) is 6.04 Å². The Hall–Kier alpha value is -2.99. The third kappa shape index (κ3) is 3.61. The van der Waals surface area contributed by atoms with E-state index in [-0.39, 0.29) is 17.8 Å². The van der Waals surface area contributed by atoms with E-state index in [0.717, 1.165) is 17.7 Å². The number of likely N-dealkylation sites (N-methyl/N-ethyl adjacent to an activating group) is 1. The number of amides is 1. The summed E-state index contributed by atoms with van der Waals surface area (Å²) in [5.74, 6) is 0.158. The molecule has 0 bridgehead atoms. The van der Waals surface area contributed by atoms with Gasteiger partial charge in [0.15, 0.2) is 11.5 Å². The van der Waals surface area contributed by atoms with Gasteiger partial charge < -0.3 is 9.42 Å². The van der Waals surface area contributed by atoms with E-state index in [1.165, 1.54) is 12.1 Å². The number of halogens is 1. The Kier molecular flexibility index (Phi) is 4.73. The number of carbonyl (C=O) groups excluding carboxylic acids is 1. The first-order valence-corrected chi connectivity index (χ1v) is 8.89. The van der Waals surface area contributed by atoms with Crippen LogP contribution in [0.4, 0.5) is 4.39 Å². The largest absolute Gasteiger partial charge is 0.355 e. The number of benzene rings is 2. The average Bonchev–Trinajstić information content (AvgIpc) is 3.19. The second-order valence-corrected chi connectivity index (χ2v) is 6.74. The number of hydrogen-bond donors (Lipinski definition) is 0. The van der Waals surface area contributed by atoms with E-state index in [1.807, 2.05) is 37.4 Å². The van der Waals surface area contributed by atoms with Gasteiger partial charge in [0.1, 0.15) is 5.82 Å². The first-order valence-electron chi connectivity index (χ1n) is 8.89. The fourth-order valence-corrected chi connectivity index (χ4v) is 3.38. The Labute approximate surface area is 157 Å². The molecular formula is C21H20FN3O2. The molecule has 1 atom stereocenters. The van der Waals surface area contributed by atoms with E-state index in [1.54, 1.807) is 23.1 Å². The van der Waals surface area contributed by atoms with Gasteiger partial charge in [0.25, 0.3) is 5.91 Å². The highest BCUT2D eigenvalue weighted by molar-refractivity contribution is 5.93. The van der Waals surface area contributed by atoms with Crippen LogP contribution in [0.3, 0.4) is 0 Å². The SMILES string of the molecule is CN1CCN(C(=O)c2cc(-c3ccccc3)on2)CC1c1ccc(F)cc1. The Bertz CT molecular complexity index is 924. The molecule has 4 rings (SSSR count). The van der Waals surface area contributed by atoms with Gasteiger partial charge in [-0.15, -0.1) is 0 Å². The Balaban J connectivity index is 1.52. The van der Waals surface area contributed by atoms with Crippen molar-refractivity contribution in [3.63, 3.8) is 0 Å². The molecule has 5 nitrogen and oxygen atoms in total. The molecule has 3 aromatic rings. The van der Waals surface area contributed by atoms with Crippen LogP contribution in [0.25, 0.3) is 11.3 Å². The molecule has 6 heteroatoms. The normalized spacial score (nSPS) is 17.9. The molecule has 1 fully saturated rings. The zero-order chi connectivity index (χ0) is 18.8. The number of rotatable bonds is 3. The number of piperazine rings is 1. The molecule has 27 heavy (non-hydrogen) atoms. The number of aromatic nitrogens is 1. The Morgan fingerprint density at radius 3 is 2.59 bits per heavy atom. The Morgan fingerprint density at radius 1 is 1.11 bits per heavy atom. The van der Waals surface area contributed by atoms with Gasteiger partial charge >= 0.3 is 0 Å². The van der Waals surface area contributed by atoms with Gasteiger partial charge in [0.05, 0.1) is 6.04 Å². The fourth-order valence-electron chi connectivity index (χ4n) is 3.38. The molecule has 0 saturated carbocycles. The van der Waals surface area contributed by atoms with Gasteiger partial charge in [-0.3, -0.25) is 9.69 Å². The lowest BCUT2D eigenvalue weighted by atomic mass is 10.0. The fraction of sp³-hybridized carbons (Fsp3) is 0.238. The van der Waals surface area contributed by atoms with Crippen molar-refractivity contribution in [2.24, 2.45) is 0 Å². The molecule has 1 unspecified atom stereocenters. The lowest BCUT2D eigenvalue weighted by Crippen LogP contribution is -2.49. The molecule has 138 valence electrons. The third-order valence-corrected chi connectivity index (χ3v) is 4.98. The molecule has 0 N–H and O–H groups in total. The van der Waals surface area contributed by atoms with Crippen LogP contribution in [0.15, 0.2) is 65.2 Å². The lowest BCUT2D eigenvalue weighted by molar-refractivity contribution is 0.0536. The molecule has 2 heterocycles. The highest BCUT2D eigenvalue weighted by Crippen LogP contribution is 2.26. The summed E-state index contributed by atoms with van der Waals surface area (Å²) in [5, 5.41) is 3.97. The van der Waals surface area contributed by atoms with E-state index in [9.17, 15) is 9.18 Å². The summed E-state index contributed by atoms with van der Waals surface area (Å²) in [5.41, 5.74) is 2.17. The maximum atomic E-state index is 13.2. The van der Waals surface area contributed by atoms with Crippen LogP contribution in [0.1, 0.15) is 22.1 Å². The lowest BCUT2D eigenvalue weighted by Gasteiger charge is -2.39. The van der Waals surface area contributed by atoms with Crippen molar-refractivity contribution in [1.29, 1.82) is 0 Å². The van der Waals surface area contributed by atoms with Crippen LogP contribution in [0, 0.1) is 5.82 Å². The first kappa shape index (κ1) is 17.4. The van der Waals surface area contributed by atoms with Crippen molar-refractivity contribution in [3.05, 3.63) is 77.7 Å². The monoisotopic (exact) mass is 365 g/mol. The van der Waals surface area contributed by atoms with Gasteiger partial charge in [-0.2, -0.15) is 0 Å². The van der Waals surface area contributed by atoms with Gasteiger partial charge in [0.2, 0.25) is 0 Å². The maximum Gasteiger partial charge on any atom is 0.276 e. The van der Waals surface area contributed by atoms with Crippen LogP contribution < -0.4 is 0 Å². The second kappa shape index (κ2) is 7.32. The third-order valence-electron chi connectivity index (χ3n) is 4.98. The Morgan fingerprint density at radius 2 is 1.85 bits per heavy atom.